The zero-order chi connectivity index (χ0) is 18.6. The van der Waals surface area contributed by atoms with Crippen molar-refractivity contribution in [3.8, 4) is 5.69 Å². The molecule has 0 saturated carbocycles. The van der Waals surface area contributed by atoms with Gasteiger partial charge in [0.15, 0.2) is 0 Å². The number of nitrogens with zero attached hydrogens (tertiary/aromatic N) is 3. The Balaban J connectivity index is 1.41. The Bertz CT molecular complexity index is 1120. The van der Waals surface area contributed by atoms with E-state index >= 15 is 0 Å². The lowest BCUT2D eigenvalue weighted by Gasteiger charge is -2.11. The maximum Gasteiger partial charge on any atom is 0.292 e. The van der Waals surface area contributed by atoms with Crippen molar-refractivity contribution in [1.82, 2.24) is 14.3 Å². The molecule has 0 bridgehead atoms. The minimum absolute atomic E-state index is 0.153. The van der Waals surface area contributed by atoms with Crippen molar-refractivity contribution < 1.29 is 0 Å². The Labute approximate surface area is 161 Å². The Morgan fingerprint density at radius 2 is 1.78 bits per heavy atom. The molecule has 5 nitrogen and oxygen atoms in total. The van der Waals surface area contributed by atoms with Gasteiger partial charge in [0.25, 0.3) is 5.56 Å². The Hall–Kier alpha value is -3.05. The molecule has 2 heterocycles. The third-order valence-corrected chi connectivity index (χ3v) is 4.86. The van der Waals surface area contributed by atoms with Gasteiger partial charge in [-0.15, -0.1) is 0 Å². The predicted octanol–water partition coefficient (Wildman–Crippen LogP) is 4.34. The smallest absolute Gasteiger partial charge is 0.292 e. The summed E-state index contributed by atoms with van der Waals surface area (Å²) in [5.41, 5.74) is 2.15. The van der Waals surface area contributed by atoms with E-state index in [1.54, 1.807) is 6.20 Å². The lowest BCUT2D eigenvalue weighted by atomic mass is 10.2. The number of para-hydroxylation sites is 2. The number of hydrogen-bond acceptors (Lipinski definition) is 3. The Morgan fingerprint density at radius 3 is 2.63 bits per heavy atom. The largest absolute Gasteiger partial charge is 0.382 e. The summed E-state index contributed by atoms with van der Waals surface area (Å²) < 4.78 is 3.53. The first-order valence-corrected chi connectivity index (χ1v) is 9.23. The minimum atomic E-state index is -0.329. The van der Waals surface area contributed by atoms with Crippen molar-refractivity contribution in [2.24, 2.45) is 0 Å². The molecule has 0 radical (unpaired) electrons. The van der Waals surface area contributed by atoms with E-state index in [2.05, 4.69) is 39.4 Å². The molecule has 0 aliphatic heterocycles. The van der Waals surface area contributed by atoms with Gasteiger partial charge in [-0.05, 0) is 36.1 Å². The number of aryl methyl sites for hydroxylation is 1. The number of nitrogens with one attached hydrogen (secondary N) is 1. The average molecular weight is 379 g/mol. The van der Waals surface area contributed by atoms with Gasteiger partial charge in [0.05, 0.1) is 17.6 Å². The van der Waals surface area contributed by atoms with Crippen molar-refractivity contribution in [3.63, 3.8) is 0 Å². The number of halogens is 1. The molecule has 1 N–H and O–H groups in total. The van der Waals surface area contributed by atoms with E-state index in [1.165, 1.54) is 15.6 Å². The molecule has 0 amide bonds. The van der Waals surface area contributed by atoms with Crippen LogP contribution in [0.3, 0.4) is 0 Å². The van der Waals surface area contributed by atoms with E-state index in [0.717, 1.165) is 13.0 Å². The van der Waals surface area contributed by atoms with Crippen LogP contribution < -0.4 is 10.9 Å². The molecule has 4 rings (SSSR count). The quantitative estimate of drug-likeness (QED) is 0.508. The number of fused-ring (bicyclic) bond motifs is 1. The first kappa shape index (κ1) is 17.4. The number of hydrogen-bond donors (Lipinski definition) is 1. The molecule has 2 aromatic heterocycles. The van der Waals surface area contributed by atoms with E-state index < -0.39 is 0 Å². The SMILES string of the molecule is O=c1c(Cl)c(NCCCn2ccc3ccccc32)cnn1-c1ccccc1. The lowest BCUT2D eigenvalue weighted by molar-refractivity contribution is 0.682. The number of anilines is 1. The minimum Gasteiger partial charge on any atom is -0.382 e. The van der Waals surface area contributed by atoms with Crippen LogP contribution in [-0.4, -0.2) is 20.9 Å². The lowest BCUT2D eigenvalue weighted by Crippen LogP contribution is -2.23. The van der Waals surface area contributed by atoms with Crippen molar-refractivity contribution in [1.29, 1.82) is 0 Å². The molecule has 0 spiro atoms. The summed E-state index contributed by atoms with van der Waals surface area (Å²) in [6, 6.07) is 19.7. The Morgan fingerprint density at radius 1 is 1.00 bits per heavy atom. The van der Waals surface area contributed by atoms with Gasteiger partial charge in [-0.25, -0.2) is 0 Å². The van der Waals surface area contributed by atoms with Gasteiger partial charge >= 0.3 is 0 Å². The van der Waals surface area contributed by atoms with Gasteiger partial charge in [0, 0.05) is 24.8 Å². The molecule has 0 aliphatic rings. The van der Waals surface area contributed by atoms with E-state index in [0.29, 0.717) is 17.9 Å². The van der Waals surface area contributed by atoms with E-state index in [4.69, 9.17) is 11.6 Å². The van der Waals surface area contributed by atoms with E-state index in [9.17, 15) is 4.79 Å². The fraction of sp³-hybridized carbons (Fsp3) is 0.143. The highest BCUT2D eigenvalue weighted by molar-refractivity contribution is 6.32. The molecule has 4 aromatic rings. The van der Waals surface area contributed by atoms with Crippen molar-refractivity contribution in [3.05, 3.63) is 88.4 Å². The average Bonchev–Trinajstić information content (AvgIpc) is 3.12. The second-order valence-corrected chi connectivity index (χ2v) is 6.65. The maximum atomic E-state index is 12.5. The van der Waals surface area contributed by atoms with Crippen LogP contribution in [0.5, 0.6) is 0 Å². The van der Waals surface area contributed by atoms with Crippen LogP contribution in [0.4, 0.5) is 5.69 Å². The highest BCUT2D eigenvalue weighted by atomic mass is 35.5. The van der Waals surface area contributed by atoms with Crippen LogP contribution in [0.2, 0.25) is 5.02 Å². The topological polar surface area (TPSA) is 51.9 Å². The summed E-state index contributed by atoms with van der Waals surface area (Å²) >= 11 is 6.26. The number of aromatic nitrogens is 3. The van der Waals surface area contributed by atoms with E-state index in [-0.39, 0.29) is 10.6 Å². The molecule has 0 aliphatic carbocycles. The van der Waals surface area contributed by atoms with Crippen LogP contribution in [0, 0.1) is 0 Å². The van der Waals surface area contributed by atoms with E-state index in [1.807, 2.05) is 42.5 Å². The summed E-state index contributed by atoms with van der Waals surface area (Å²) in [5, 5.41) is 8.84. The van der Waals surface area contributed by atoms with Gasteiger partial charge in [-0.3, -0.25) is 4.79 Å². The first-order valence-electron chi connectivity index (χ1n) is 8.85. The zero-order valence-electron chi connectivity index (χ0n) is 14.7. The molecule has 2 aromatic carbocycles. The molecule has 0 unspecified atom stereocenters. The van der Waals surface area contributed by atoms with Crippen LogP contribution >= 0.6 is 11.6 Å². The van der Waals surface area contributed by atoms with Gasteiger partial charge < -0.3 is 9.88 Å². The highest BCUT2D eigenvalue weighted by Gasteiger charge is 2.10. The van der Waals surface area contributed by atoms with Crippen LogP contribution in [-0.2, 0) is 6.54 Å². The van der Waals surface area contributed by atoms with Gasteiger partial charge in [0.1, 0.15) is 5.02 Å². The molecule has 136 valence electrons. The van der Waals surface area contributed by atoms with Crippen molar-refractivity contribution in [2.75, 3.05) is 11.9 Å². The van der Waals surface area contributed by atoms with Gasteiger partial charge in [-0.1, -0.05) is 48.0 Å². The summed E-state index contributed by atoms with van der Waals surface area (Å²) in [4.78, 5) is 12.5. The van der Waals surface area contributed by atoms with Crippen molar-refractivity contribution in [2.45, 2.75) is 13.0 Å². The maximum absolute atomic E-state index is 12.5. The van der Waals surface area contributed by atoms with Gasteiger partial charge in [0.2, 0.25) is 0 Å². The molecular formula is C21H19ClN4O. The summed E-state index contributed by atoms with van der Waals surface area (Å²) in [5.74, 6) is 0. The van der Waals surface area contributed by atoms with Crippen LogP contribution in [0.1, 0.15) is 6.42 Å². The normalized spacial score (nSPS) is 11.0. The molecule has 6 heteroatoms. The summed E-state index contributed by atoms with van der Waals surface area (Å²) in [7, 11) is 0. The molecule has 0 saturated heterocycles. The predicted molar refractivity (Wildman–Crippen MR) is 110 cm³/mol. The second kappa shape index (κ2) is 7.68. The molecular weight excluding hydrogens is 360 g/mol. The highest BCUT2D eigenvalue weighted by Crippen LogP contribution is 2.18. The van der Waals surface area contributed by atoms with Crippen LogP contribution in [0.15, 0.2) is 77.9 Å². The van der Waals surface area contributed by atoms with Gasteiger partial charge in [-0.2, -0.15) is 9.78 Å². The molecule has 27 heavy (non-hydrogen) atoms. The van der Waals surface area contributed by atoms with Crippen LogP contribution in [0.25, 0.3) is 16.6 Å². The number of benzene rings is 2. The Kier molecular flexibility index (Phi) is 4.94. The molecule has 0 fully saturated rings. The third-order valence-electron chi connectivity index (χ3n) is 4.49. The standard InChI is InChI=1S/C21H19ClN4O/c22-20-18(15-24-26(21(20)27)17-8-2-1-3-9-17)23-12-6-13-25-14-11-16-7-4-5-10-19(16)25/h1-5,7-11,14-15,23H,6,12-13H2. The fourth-order valence-electron chi connectivity index (χ4n) is 3.12. The first-order chi connectivity index (χ1) is 13.2. The number of rotatable bonds is 6. The van der Waals surface area contributed by atoms with Crippen molar-refractivity contribution >= 4 is 28.2 Å². The zero-order valence-corrected chi connectivity index (χ0v) is 15.4. The fourth-order valence-corrected chi connectivity index (χ4v) is 3.31. The summed E-state index contributed by atoms with van der Waals surface area (Å²) in [6.45, 7) is 1.58. The summed E-state index contributed by atoms with van der Waals surface area (Å²) in [6.07, 6.45) is 4.60. The monoisotopic (exact) mass is 378 g/mol. The second-order valence-electron chi connectivity index (χ2n) is 6.27. The third kappa shape index (κ3) is 3.59. The molecule has 0 atom stereocenters.